The van der Waals surface area contributed by atoms with Gasteiger partial charge in [0.2, 0.25) is 11.8 Å². The standard InChI is InChI=1S/C41H29N3O2/c1-41(2)33-10-4-3-9-31(33)32-24-23-30(25-34(32)41)44(28-19-15-26(16-20-28)39-42-35-11-5-7-13-37(35)45-39)29-21-17-27(18-22-29)40-43-36-12-6-8-14-38(36)46-40/h3-25H,1-2H3. The van der Waals surface area contributed by atoms with Crippen LogP contribution in [0.4, 0.5) is 17.1 Å². The zero-order valence-electron chi connectivity index (χ0n) is 25.4. The summed E-state index contributed by atoms with van der Waals surface area (Å²) >= 11 is 0. The average molecular weight is 596 g/mol. The fourth-order valence-corrected chi connectivity index (χ4v) is 6.78. The summed E-state index contributed by atoms with van der Waals surface area (Å²) in [4.78, 5) is 11.7. The normalized spacial score (nSPS) is 13.2. The van der Waals surface area contributed by atoms with Gasteiger partial charge in [-0.2, -0.15) is 0 Å². The van der Waals surface area contributed by atoms with Gasteiger partial charge in [-0.25, -0.2) is 9.97 Å². The molecule has 2 heterocycles. The van der Waals surface area contributed by atoms with Crippen LogP contribution in [0.3, 0.4) is 0 Å². The van der Waals surface area contributed by atoms with Gasteiger partial charge < -0.3 is 13.7 Å². The molecule has 6 aromatic carbocycles. The van der Waals surface area contributed by atoms with Crippen molar-refractivity contribution in [3.63, 3.8) is 0 Å². The Morgan fingerprint density at radius 2 is 0.957 bits per heavy atom. The molecule has 0 spiro atoms. The van der Waals surface area contributed by atoms with E-state index in [1.165, 1.54) is 22.3 Å². The summed E-state index contributed by atoms with van der Waals surface area (Å²) in [6.07, 6.45) is 0. The van der Waals surface area contributed by atoms with E-state index >= 15 is 0 Å². The summed E-state index contributed by atoms with van der Waals surface area (Å²) in [7, 11) is 0. The predicted molar refractivity (Wildman–Crippen MR) is 185 cm³/mol. The van der Waals surface area contributed by atoms with Gasteiger partial charge in [0, 0.05) is 33.6 Å². The van der Waals surface area contributed by atoms with Crippen molar-refractivity contribution in [2.45, 2.75) is 19.3 Å². The smallest absolute Gasteiger partial charge is 0.227 e. The Balaban J connectivity index is 1.14. The minimum atomic E-state index is -0.110. The van der Waals surface area contributed by atoms with E-state index in [0.29, 0.717) is 11.8 Å². The fourth-order valence-electron chi connectivity index (χ4n) is 6.78. The molecule has 0 unspecified atom stereocenters. The molecule has 0 saturated carbocycles. The Morgan fingerprint density at radius 3 is 1.52 bits per heavy atom. The van der Waals surface area contributed by atoms with Gasteiger partial charge in [-0.15, -0.1) is 0 Å². The molecule has 0 amide bonds. The topological polar surface area (TPSA) is 55.3 Å². The lowest BCUT2D eigenvalue weighted by atomic mass is 9.82. The second kappa shape index (κ2) is 10.0. The molecule has 0 aliphatic heterocycles. The second-order valence-corrected chi connectivity index (χ2v) is 12.3. The van der Waals surface area contributed by atoms with E-state index in [1.54, 1.807) is 0 Å². The fraction of sp³-hybridized carbons (Fsp3) is 0.0732. The van der Waals surface area contributed by atoms with E-state index in [9.17, 15) is 0 Å². The number of oxazole rings is 2. The molecular formula is C41H29N3O2. The highest BCUT2D eigenvalue weighted by molar-refractivity contribution is 5.86. The minimum absolute atomic E-state index is 0.110. The molecule has 220 valence electrons. The number of rotatable bonds is 5. The van der Waals surface area contributed by atoms with Crippen LogP contribution in [0.5, 0.6) is 0 Å². The van der Waals surface area contributed by atoms with Gasteiger partial charge in [0.1, 0.15) is 11.0 Å². The molecule has 0 atom stereocenters. The highest BCUT2D eigenvalue weighted by Crippen LogP contribution is 2.50. The van der Waals surface area contributed by atoms with Crippen LogP contribution < -0.4 is 4.90 Å². The molecule has 2 aromatic heterocycles. The maximum Gasteiger partial charge on any atom is 0.227 e. The van der Waals surface area contributed by atoms with Crippen LogP contribution in [0, 0.1) is 0 Å². The SMILES string of the molecule is CC1(C)c2ccccc2-c2ccc(N(c3ccc(-c4nc5ccccc5o4)cc3)c3ccc(-c4nc5ccccc5o4)cc3)cc21. The molecule has 5 heteroatoms. The third-order valence-corrected chi connectivity index (χ3v) is 9.16. The summed E-state index contributed by atoms with van der Waals surface area (Å²) in [5, 5.41) is 0. The van der Waals surface area contributed by atoms with Crippen LogP contribution in [0.15, 0.2) is 148 Å². The Kier molecular flexibility index (Phi) is 5.78. The molecule has 9 rings (SSSR count). The molecule has 0 fully saturated rings. The van der Waals surface area contributed by atoms with Crippen LogP contribution in [0.25, 0.3) is 56.2 Å². The van der Waals surface area contributed by atoms with Crippen LogP contribution in [-0.4, -0.2) is 9.97 Å². The summed E-state index contributed by atoms with van der Waals surface area (Å²) in [6, 6.07) is 48.1. The summed E-state index contributed by atoms with van der Waals surface area (Å²) in [6.45, 7) is 4.63. The van der Waals surface area contributed by atoms with Crippen LogP contribution >= 0.6 is 0 Å². The number of hydrogen-bond donors (Lipinski definition) is 0. The first-order valence-corrected chi connectivity index (χ1v) is 15.5. The molecule has 0 bridgehead atoms. The lowest BCUT2D eigenvalue weighted by Gasteiger charge is -2.28. The lowest BCUT2D eigenvalue weighted by Crippen LogP contribution is -2.16. The Labute approximate surface area is 266 Å². The number of fused-ring (bicyclic) bond motifs is 5. The Morgan fingerprint density at radius 1 is 0.478 bits per heavy atom. The van der Waals surface area contributed by atoms with Crippen molar-refractivity contribution in [3.05, 3.63) is 151 Å². The average Bonchev–Trinajstić information content (AvgIpc) is 3.79. The zero-order valence-corrected chi connectivity index (χ0v) is 25.4. The summed E-state index contributed by atoms with van der Waals surface area (Å²) < 4.78 is 12.1. The van der Waals surface area contributed by atoms with Crippen LogP contribution in [-0.2, 0) is 5.41 Å². The van der Waals surface area contributed by atoms with E-state index in [1.807, 2.05) is 48.5 Å². The second-order valence-electron chi connectivity index (χ2n) is 12.3. The van der Waals surface area contributed by atoms with E-state index in [4.69, 9.17) is 18.8 Å². The van der Waals surface area contributed by atoms with Gasteiger partial charge in [0.15, 0.2) is 11.2 Å². The van der Waals surface area contributed by atoms with E-state index in [-0.39, 0.29) is 5.41 Å². The summed E-state index contributed by atoms with van der Waals surface area (Å²) in [5.41, 5.74) is 13.4. The van der Waals surface area contributed by atoms with Crippen molar-refractivity contribution in [2.75, 3.05) is 4.90 Å². The van der Waals surface area contributed by atoms with Crippen LogP contribution in [0.1, 0.15) is 25.0 Å². The molecule has 8 aromatic rings. The maximum absolute atomic E-state index is 6.07. The predicted octanol–water partition coefficient (Wildman–Crippen LogP) is 11.1. The van der Waals surface area contributed by atoms with Crippen molar-refractivity contribution in [1.82, 2.24) is 9.97 Å². The number of anilines is 3. The molecule has 0 N–H and O–H groups in total. The van der Waals surface area contributed by atoms with Gasteiger partial charge in [0.25, 0.3) is 0 Å². The molecule has 1 aliphatic carbocycles. The lowest BCUT2D eigenvalue weighted by molar-refractivity contribution is 0.619. The Bertz CT molecular complexity index is 2220. The van der Waals surface area contributed by atoms with Crippen molar-refractivity contribution < 1.29 is 8.83 Å². The van der Waals surface area contributed by atoms with Crippen molar-refractivity contribution in [2.24, 2.45) is 0 Å². The van der Waals surface area contributed by atoms with Gasteiger partial charge in [-0.05, 0) is 107 Å². The van der Waals surface area contributed by atoms with Gasteiger partial charge in [0.05, 0.1) is 0 Å². The third kappa shape index (κ3) is 4.16. The van der Waals surface area contributed by atoms with E-state index in [0.717, 1.165) is 50.4 Å². The number of benzene rings is 6. The highest BCUT2D eigenvalue weighted by atomic mass is 16.4. The molecule has 46 heavy (non-hydrogen) atoms. The quantitative estimate of drug-likeness (QED) is 0.198. The Hall–Kier alpha value is -5.94. The van der Waals surface area contributed by atoms with Crippen molar-refractivity contribution >= 4 is 39.3 Å². The van der Waals surface area contributed by atoms with Crippen molar-refractivity contribution in [1.29, 1.82) is 0 Å². The molecule has 0 saturated heterocycles. The summed E-state index contributed by atoms with van der Waals surface area (Å²) in [5.74, 6) is 1.22. The van der Waals surface area contributed by atoms with Crippen LogP contribution in [0.2, 0.25) is 0 Å². The molecule has 1 aliphatic rings. The molecule has 5 nitrogen and oxygen atoms in total. The maximum atomic E-state index is 6.07. The first-order chi connectivity index (χ1) is 22.5. The molecule has 0 radical (unpaired) electrons. The number of para-hydroxylation sites is 4. The highest BCUT2D eigenvalue weighted by Gasteiger charge is 2.35. The zero-order chi connectivity index (χ0) is 30.8. The number of aromatic nitrogens is 2. The third-order valence-electron chi connectivity index (χ3n) is 9.16. The minimum Gasteiger partial charge on any atom is -0.436 e. The van der Waals surface area contributed by atoms with Gasteiger partial charge >= 0.3 is 0 Å². The largest absolute Gasteiger partial charge is 0.436 e. The van der Waals surface area contributed by atoms with Crippen molar-refractivity contribution in [3.8, 4) is 34.0 Å². The van der Waals surface area contributed by atoms with Gasteiger partial charge in [-0.1, -0.05) is 68.4 Å². The number of hydrogen-bond acceptors (Lipinski definition) is 5. The first kappa shape index (κ1) is 26.5. The van der Waals surface area contributed by atoms with Gasteiger partial charge in [-0.3, -0.25) is 0 Å². The molecular weight excluding hydrogens is 566 g/mol. The van der Waals surface area contributed by atoms with E-state index < -0.39 is 0 Å². The first-order valence-electron chi connectivity index (χ1n) is 15.5. The monoisotopic (exact) mass is 595 g/mol. The van der Waals surface area contributed by atoms with E-state index in [2.05, 4.69) is 110 Å². The number of nitrogens with zero attached hydrogens (tertiary/aromatic N) is 3.